The van der Waals surface area contributed by atoms with Gasteiger partial charge in [-0.2, -0.15) is 13.2 Å². The topological polar surface area (TPSA) is 71.2 Å². The fourth-order valence-electron chi connectivity index (χ4n) is 4.29. The first-order chi connectivity index (χ1) is 15.4. The predicted octanol–water partition coefficient (Wildman–Crippen LogP) is 4.50. The Kier molecular flexibility index (Phi) is 5.84. The summed E-state index contributed by atoms with van der Waals surface area (Å²) < 4.78 is 70.7. The monoisotopic (exact) mass is 468 g/mol. The minimum Gasteiger partial charge on any atom is -0.367 e. The summed E-state index contributed by atoms with van der Waals surface area (Å²) in [4.78, 5) is 17.7. The smallest absolute Gasteiger partial charge is 0.367 e. The Morgan fingerprint density at radius 3 is 2.52 bits per heavy atom. The van der Waals surface area contributed by atoms with Crippen molar-refractivity contribution in [3.05, 3.63) is 47.3 Å². The predicted molar refractivity (Wildman–Crippen MR) is 114 cm³/mol. The number of alkyl halides is 3. The molecule has 2 aliphatic rings. The number of pyridine rings is 1. The number of nitrogens with two attached hydrogens (primary N) is 1. The molecule has 1 saturated heterocycles. The molecule has 0 radical (unpaired) electrons. The summed E-state index contributed by atoms with van der Waals surface area (Å²) in [6.45, 7) is 4.04. The highest BCUT2D eigenvalue weighted by Gasteiger charge is 2.39. The molecule has 33 heavy (non-hydrogen) atoms. The summed E-state index contributed by atoms with van der Waals surface area (Å²) in [5, 5.41) is 2.76. The van der Waals surface area contributed by atoms with Crippen molar-refractivity contribution in [2.75, 3.05) is 18.0 Å². The molecule has 10 heteroatoms. The van der Waals surface area contributed by atoms with E-state index in [-0.39, 0.29) is 35.9 Å². The SMILES string of the molecule is C[C@H](NC(=O)c1cnc(C(F)(F)F)c(-c2cc(F)cc(F)c2N2CC[C@](C)(N)C2)c1)C1CC1. The molecule has 1 amide bonds. The van der Waals surface area contributed by atoms with Crippen LogP contribution < -0.4 is 16.0 Å². The number of anilines is 1. The standard InChI is InChI=1S/C23H25F5N4O/c1-12(13-3-4-13)31-21(33)14-7-17(20(30-10-14)23(26,27)28)16-8-15(24)9-18(25)19(16)32-6-5-22(2,29)11-32/h7-10,12-13H,3-6,11,29H2,1-2H3,(H,31,33)/t12-,22-/m0/s1. The highest BCUT2D eigenvalue weighted by molar-refractivity contribution is 5.96. The molecule has 2 aromatic rings. The van der Waals surface area contributed by atoms with Crippen molar-refractivity contribution in [1.29, 1.82) is 0 Å². The molecule has 2 fully saturated rings. The zero-order chi connectivity index (χ0) is 24.1. The van der Waals surface area contributed by atoms with E-state index in [9.17, 15) is 26.7 Å². The van der Waals surface area contributed by atoms with Gasteiger partial charge in [0.2, 0.25) is 0 Å². The van der Waals surface area contributed by atoms with Crippen LogP contribution in [0.2, 0.25) is 0 Å². The van der Waals surface area contributed by atoms with Crippen LogP contribution >= 0.6 is 0 Å². The number of hydrogen-bond donors (Lipinski definition) is 2. The van der Waals surface area contributed by atoms with Crippen LogP contribution in [0.1, 0.15) is 49.2 Å². The molecule has 0 spiro atoms. The molecule has 178 valence electrons. The van der Waals surface area contributed by atoms with Crippen molar-refractivity contribution in [2.45, 2.75) is 50.9 Å². The van der Waals surface area contributed by atoms with Gasteiger partial charge in [-0.05, 0) is 51.2 Å². The molecule has 3 N–H and O–H groups in total. The molecule has 1 aromatic heterocycles. The van der Waals surface area contributed by atoms with Crippen molar-refractivity contribution >= 4 is 11.6 Å². The Bertz CT molecular complexity index is 1080. The Balaban J connectivity index is 1.83. The first-order valence-corrected chi connectivity index (χ1v) is 10.8. The fraction of sp³-hybridized carbons (Fsp3) is 0.478. The Labute approximate surface area is 188 Å². The molecule has 0 bridgehead atoms. The fourth-order valence-corrected chi connectivity index (χ4v) is 4.29. The maximum atomic E-state index is 15.0. The van der Waals surface area contributed by atoms with E-state index in [2.05, 4.69) is 10.3 Å². The number of hydrogen-bond acceptors (Lipinski definition) is 4. The third-order valence-electron chi connectivity index (χ3n) is 6.25. The van der Waals surface area contributed by atoms with Crippen LogP contribution in [-0.4, -0.2) is 35.6 Å². The van der Waals surface area contributed by atoms with Gasteiger partial charge in [-0.1, -0.05) is 0 Å². The van der Waals surface area contributed by atoms with E-state index in [1.807, 2.05) is 6.92 Å². The molecule has 2 atom stereocenters. The van der Waals surface area contributed by atoms with E-state index in [0.29, 0.717) is 18.4 Å². The first kappa shape index (κ1) is 23.4. The second kappa shape index (κ2) is 8.23. The summed E-state index contributed by atoms with van der Waals surface area (Å²) in [5.74, 6) is -2.30. The van der Waals surface area contributed by atoms with Gasteiger partial charge in [-0.15, -0.1) is 0 Å². The van der Waals surface area contributed by atoms with Crippen LogP contribution in [0.25, 0.3) is 11.1 Å². The lowest BCUT2D eigenvalue weighted by Gasteiger charge is -2.26. The highest BCUT2D eigenvalue weighted by atomic mass is 19.4. The molecule has 1 aliphatic heterocycles. The Hall–Kier alpha value is -2.75. The second-order valence-corrected chi connectivity index (χ2v) is 9.33. The summed E-state index contributed by atoms with van der Waals surface area (Å²) >= 11 is 0. The van der Waals surface area contributed by atoms with E-state index < -0.39 is 40.5 Å². The molecular formula is C23H25F5N4O. The number of nitrogens with one attached hydrogen (secondary N) is 1. The minimum atomic E-state index is -4.90. The van der Waals surface area contributed by atoms with E-state index in [1.54, 1.807) is 6.92 Å². The van der Waals surface area contributed by atoms with E-state index in [1.165, 1.54) is 4.90 Å². The van der Waals surface area contributed by atoms with Gasteiger partial charge in [-0.25, -0.2) is 8.78 Å². The van der Waals surface area contributed by atoms with Crippen molar-refractivity contribution in [2.24, 2.45) is 11.7 Å². The van der Waals surface area contributed by atoms with Gasteiger partial charge in [0.15, 0.2) is 5.69 Å². The van der Waals surface area contributed by atoms with Gasteiger partial charge in [0.25, 0.3) is 5.91 Å². The average molecular weight is 468 g/mol. The van der Waals surface area contributed by atoms with Crippen LogP contribution in [0.15, 0.2) is 24.4 Å². The Morgan fingerprint density at radius 2 is 1.94 bits per heavy atom. The van der Waals surface area contributed by atoms with Crippen molar-refractivity contribution in [3.63, 3.8) is 0 Å². The van der Waals surface area contributed by atoms with Crippen LogP contribution in [0, 0.1) is 17.6 Å². The largest absolute Gasteiger partial charge is 0.433 e. The lowest BCUT2D eigenvalue weighted by Crippen LogP contribution is -2.39. The number of carbonyl (C=O) groups excluding carboxylic acids is 1. The van der Waals surface area contributed by atoms with Crippen molar-refractivity contribution in [3.8, 4) is 11.1 Å². The van der Waals surface area contributed by atoms with Gasteiger partial charge in [0, 0.05) is 48.1 Å². The van der Waals surface area contributed by atoms with Gasteiger partial charge < -0.3 is 16.0 Å². The van der Waals surface area contributed by atoms with Crippen molar-refractivity contribution in [1.82, 2.24) is 10.3 Å². The van der Waals surface area contributed by atoms with E-state index in [4.69, 9.17) is 5.73 Å². The van der Waals surface area contributed by atoms with E-state index >= 15 is 0 Å². The molecule has 5 nitrogen and oxygen atoms in total. The molecule has 2 heterocycles. The van der Waals surface area contributed by atoms with Gasteiger partial charge >= 0.3 is 6.18 Å². The maximum Gasteiger partial charge on any atom is 0.433 e. The maximum absolute atomic E-state index is 15.0. The summed E-state index contributed by atoms with van der Waals surface area (Å²) in [5.41, 5.74) is 2.93. The zero-order valence-electron chi connectivity index (χ0n) is 18.3. The molecule has 1 saturated carbocycles. The molecule has 0 unspecified atom stereocenters. The van der Waals surface area contributed by atoms with Crippen LogP contribution in [0.5, 0.6) is 0 Å². The third kappa shape index (κ3) is 4.95. The normalized spacial score (nSPS) is 21.9. The summed E-state index contributed by atoms with van der Waals surface area (Å²) in [6.07, 6.45) is -1.64. The highest BCUT2D eigenvalue weighted by Crippen LogP contribution is 2.42. The lowest BCUT2D eigenvalue weighted by molar-refractivity contribution is -0.140. The van der Waals surface area contributed by atoms with Crippen molar-refractivity contribution < 1.29 is 26.7 Å². The summed E-state index contributed by atoms with van der Waals surface area (Å²) in [7, 11) is 0. The van der Waals surface area contributed by atoms with Gasteiger partial charge in [-0.3, -0.25) is 9.78 Å². The van der Waals surface area contributed by atoms with Crippen LogP contribution in [0.4, 0.5) is 27.6 Å². The average Bonchev–Trinajstić information content (AvgIpc) is 3.50. The number of nitrogens with zero attached hydrogens (tertiary/aromatic N) is 2. The number of carbonyl (C=O) groups is 1. The molecule has 4 rings (SSSR count). The first-order valence-electron chi connectivity index (χ1n) is 10.8. The second-order valence-electron chi connectivity index (χ2n) is 9.33. The number of halogens is 5. The van der Waals surface area contributed by atoms with Crippen LogP contribution in [-0.2, 0) is 6.18 Å². The quantitative estimate of drug-likeness (QED) is 0.634. The third-order valence-corrected chi connectivity index (χ3v) is 6.25. The number of rotatable bonds is 5. The molecule has 1 aliphatic carbocycles. The minimum absolute atomic E-state index is 0.119. The lowest BCUT2D eigenvalue weighted by atomic mass is 9.98. The number of amides is 1. The van der Waals surface area contributed by atoms with Gasteiger partial charge in [0.05, 0.1) is 11.3 Å². The van der Waals surface area contributed by atoms with Gasteiger partial charge in [0.1, 0.15) is 11.6 Å². The molecule has 1 aromatic carbocycles. The number of aromatic nitrogens is 1. The molecular weight excluding hydrogens is 443 g/mol. The zero-order valence-corrected chi connectivity index (χ0v) is 18.3. The summed E-state index contributed by atoms with van der Waals surface area (Å²) in [6, 6.07) is 2.32. The van der Waals surface area contributed by atoms with E-state index in [0.717, 1.165) is 31.2 Å². The number of benzene rings is 1. The van der Waals surface area contributed by atoms with Crippen LogP contribution in [0.3, 0.4) is 0 Å². The Morgan fingerprint density at radius 1 is 1.24 bits per heavy atom.